The molecule has 174 valence electrons. The highest BCUT2D eigenvalue weighted by molar-refractivity contribution is 5.95. The van der Waals surface area contributed by atoms with E-state index >= 15 is 0 Å². The van der Waals surface area contributed by atoms with Crippen LogP contribution in [0.4, 0.5) is 10.5 Å². The molecular weight excluding hydrogens is 422 g/mol. The summed E-state index contributed by atoms with van der Waals surface area (Å²) < 4.78 is 10.2. The molecule has 2 aromatic rings. The van der Waals surface area contributed by atoms with Crippen molar-refractivity contribution in [1.29, 1.82) is 0 Å². The van der Waals surface area contributed by atoms with Gasteiger partial charge in [0.1, 0.15) is 6.61 Å². The number of urea groups is 1. The molecule has 1 unspecified atom stereocenters. The van der Waals surface area contributed by atoms with Gasteiger partial charge in [-0.05, 0) is 36.6 Å². The zero-order chi connectivity index (χ0) is 23.8. The number of methoxy groups -OCH3 is 1. The highest BCUT2D eigenvalue weighted by atomic mass is 16.6. The topological polar surface area (TPSA) is 97.0 Å². The summed E-state index contributed by atoms with van der Waals surface area (Å²) in [4.78, 5) is 38.8. The summed E-state index contributed by atoms with van der Waals surface area (Å²) in [5.41, 5.74) is 3.32. The lowest BCUT2D eigenvalue weighted by atomic mass is 9.95. The number of nitrogens with one attached hydrogen (secondary N) is 2. The number of carbonyl (C=O) groups excluding carboxylic acids is 3. The Morgan fingerprint density at radius 1 is 1.06 bits per heavy atom. The summed E-state index contributed by atoms with van der Waals surface area (Å²) in [6.07, 6.45) is 1.03. The number of benzene rings is 2. The van der Waals surface area contributed by atoms with Gasteiger partial charge in [-0.2, -0.15) is 0 Å². The summed E-state index contributed by atoms with van der Waals surface area (Å²) in [7, 11) is 3.12. The first-order valence-corrected chi connectivity index (χ1v) is 10.8. The van der Waals surface area contributed by atoms with E-state index in [4.69, 9.17) is 9.47 Å². The fraction of sp³-hybridized carbons (Fsp3) is 0.320. The Labute approximate surface area is 193 Å². The third-order valence-electron chi connectivity index (χ3n) is 5.51. The van der Waals surface area contributed by atoms with Gasteiger partial charge in [-0.15, -0.1) is 0 Å². The number of carbonyl (C=O) groups is 3. The minimum Gasteiger partial charge on any atom is -0.460 e. The number of rotatable bonds is 9. The molecule has 1 heterocycles. The van der Waals surface area contributed by atoms with Crippen molar-refractivity contribution in [2.75, 3.05) is 32.7 Å². The summed E-state index contributed by atoms with van der Waals surface area (Å²) in [6, 6.07) is 15.9. The van der Waals surface area contributed by atoms with E-state index in [-0.39, 0.29) is 25.2 Å². The maximum Gasteiger partial charge on any atom is 0.338 e. The molecule has 2 aromatic carbocycles. The van der Waals surface area contributed by atoms with Crippen LogP contribution in [0.3, 0.4) is 0 Å². The summed E-state index contributed by atoms with van der Waals surface area (Å²) in [5, 5.41) is 5.73. The predicted molar refractivity (Wildman–Crippen MR) is 124 cm³/mol. The molecule has 1 aliphatic rings. The van der Waals surface area contributed by atoms with E-state index in [1.54, 1.807) is 38.2 Å². The molecule has 8 nitrogen and oxygen atoms in total. The molecule has 0 bridgehead atoms. The van der Waals surface area contributed by atoms with E-state index in [1.165, 1.54) is 12.0 Å². The quantitative estimate of drug-likeness (QED) is 0.450. The van der Waals surface area contributed by atoms with Crippen molar-refractivity contribution >= 4 is 23.6 Å². The molecule has 3 amide bonds. The largest absolute Gasteiger partial charge is 0.460 e. The van der Waals surface area contributed by atoms with Crippen LogP contribution in [-0.2, 0) is 25.5 Å². The number of nitrogens with zero attached hydrogens (tertiary/aromatic N) is 1. The molecule has 33 heavy (non-hydrogen) atoms. The van der Waals surface area contributed by atoms with Crippen LogP contribution >= 0.6 is 0 Å². The van der Waals surface area contributed by atoms with E-state index in [1.807, 2.05) is 30.3 Å². The molecule has 0 aromatic heterocycles. The van der Waals surface area contributed by atoms with Gasteiger partial charge < -0.3 is 25.0 Å². The Bertz CT molecular complexity index is 1020. The third-order valence-corrected chi connectivity index (χ3v) is 5.51. The molecule has 0 saturated heterocycles. The zero-order valence-electron chi connectivity index (χ0n) is 19.1. The van der Waals surface area contributed by atoms with E-state index < -0.39 is 12.0 Å². The molecule has 0 fully saturated rings. The van der Waals surface area contributed by atoms with Crippen LogP contribution in [0.1, 0.15) is 30.5 Å². The van der Waals surface area contributed by atoms with Gasteiger partial charge in [-0.25, -0.2) is 9.59 Å². The normalized spacial score (nSPS) is 15.8. The van der Waals surface area contributed by atoms with Crippen LogP contribution in [-0.4, -0.2) is 50.2 Å². The molecule has 0 spiro atoms. The molecule has 1 aliphatic heterocycles. The second-order valence-electron chi connectivity index (χ2n) is 7.73. The Balaban J connectivity index is 1.70. The van der Waals surface area contributed by atoms with Crippen molar-refractivity contribution < 1.29 is 23.9 Å². The van der Waals surface area contributed by atoms with Gasteiger partial charge in [0, 0.05) is 32.0 Å². The second-order valence-corrected chi connectivity index (χ2v) is 7.73. The number of amides is 3. The fourth-order valence-corrected chi connectivity index (χ4v) is 3.53. The third kappa shape index (κ3) is 6.20. The second kappa shape index (κ2) is 11.3. The molecule has 3 rings (SSSR count). The van der Waals surface area contributed by atoms with Crippen molar-refractivity contribution in [3.63, 3.8) is 0 Å². The standard InChI is InChI=1S/C25H29N3O5/c1-17-22(24(30)33-16-15-32-3)23(27-25(31)28(17)2)19-10-12-20(13-11-19)26-21(29)14-9-18-7-5-4-6-8-18/h4-8,10-13,23H,9,14-16H2,1-3H3,(H,26,29)(H,27,31). The highest BCUT2D eigenvalue weighted by Crippen LogP contribution is 2.31. The highest BCUT2D eigenvalue weighted by Gasteiger charge is 2.35. The first-order valence-electron chi connectivity index (χ1n) is 10.8. The van der Waals surface area contributed by atoms with E-state index in [0.717, 1.165) is 5.56 Å². The molecule has 8 heteroatoms. The lowest BCUT2D eigenvalue weighted by Crippen LogP contribution is -2.46. The smallest absolute Gasteiger partial charge is 0.338 e. The number of hydrogen-bond acceptors (Lipinski definition) is 5. The molecule has 1 atom stereocenters. The zero-order valence-corrected chi connectivity index (χ0v) is 19.1. The number of esters is 1. The lowest BCUT2D eigenvalue weighted by Gasteiger charge is -2.33. The van der Waals surface area contributed by atoms with Gasteiger partial charge in [0.15, 0.2) is 0 Å². The monoisotopic (exact) mass is 451 g/mol. The molecule has 2 N–H and O–H groups in total. The van der Waals surface area contributed by atoms with Gasteiger partial charge in [-0.3, -0.25) is 4.79 Å². The molecule has 0 saturated carbocycles. The average Bonchev–Trinajstić information content (AvgIpc) is 2.82. The average molecular weight is 452 g/mol. The number of anilines is 1. The number of hydrogen-bond donors (Lipinski definition) is 2. The van der Waals surface area contributed by atoms with Crippen LogP contribution in [0.25, 0.3) is 0 Å². The van der Waals surface area contributed by atoms with E-state index in [2.05, 4.69) is 10.6 Å². The number of aryl methyl sites for hydroxylation is 1. The van der Waals surface area contributed by atoms with Crippen LogP contribution in [0.2, 0.25) is 0 Å². The Morgan fingerprint density at radius 2 is 1.76 bits per heavy atom. The van der Waals surface area contributed by atoms with Crippen LogP contribution in [0.5, 0.6) is 0 Å². The maximum absolute atomic E-state index is 12.7. The van der Waals surface area contributed by atoms with Crippen LogP contribution < -0.4 is 10.6 Å². The van der Waals surface area contributed by atoms with Gasteiger partial charge in [-0.1, -0.05) is 42.5 Å². The predicted octanol–water partition coefficient (Wildman–Crippen LogP) is 3.42. The Hall–Kier alpha value is -3.65. The molecular formula is C25H29N3O5. The molecule has 0 radical (unpaired) electrons. The van der Waals surface area contributed by atoms with Gasteiger partial charge in [0.05, 0.1) is 18.2 Å². The summed E-state index contributed by atoms with van der Waals surface area (Å²) in [6.45, 7) is 2.11. The summed E-state index contributed by atoms with van der Waals surface area (Å²) >= 11 is 0. The van der Waals surface area contributed by atoms with E-state index in [9.17, 15) is 14.4 Å². The maximum atomic E-state index is 12.7. The number of ether oxygens (including phenoxy) is 2. The van der Waals surface area contributed by atoms with Gasteiger partial charge in [0.2, 0.25) is 5.91 Å². The molecule has 0 aliphatic carbocycles. The Kier molecular flexibility index (Phi) is 8.21. The van der Waals surface area contributed by atoms with Gasteiger partial charge >= 0.3 is 12.0 Å². The van der Waals surface area contributed by atoms with Crippen molar-refractivity contribution in [2.45, 2.75) is 25.8 Å². The van der Waals surface area contributed by atoms with E-state index in [0.29, 0.717) is 35.4 Å². The van der Waals surface area contributed by atoms with Crippen molar-refractivity contribution in [2.24, 2.45) is 0 Å². The summed E-state index contributed by atoms with van der Waals surface area (Å²) in [5.74, 6) is -0.600. The van der Waals surface area contributed by atoms with Crippen molar-refractivity contribution in [3.05, 3.63) is 77.0 Å². The first kappa shape index (κ1) is 24.0. The SMILES string of the molecule is COCCOC(=O)C1=C(C)N(C)C(=O)NC1c1ccc(NC(=O)CCc2ccccc2)cc1. The van der Waals surface area contributed by atoms with Crippen LogP contribution in [0.15, 0.2) is 65.9 Å². The fourth-order valence-electron chi connectivity index (χ4n) is 3.53. The minimum atomic E-state index is -0.661. The van der Waals surface area contributed by atoms with Gasteiger partial charge in [0.25, 0.3) is 0 Å². The minimum absolute atomic E-state index is 0.0858. The Morgan fingerprint density at radius 3 is 2.42 bits per heavy atom. The lowest BCUT2D eigenvalue weighted by molar-refractivity contribution is -0.140. The van der Waals surface area contributed by atoms with Crippen molar-refractivity contribution in [3.8, 4) is 0 Å². The van der Waals surface area contributed by atoms with Crippen molar-refractivity contribution in [1.82, 2.24) is 10.2 Å². The number of allylic oxidation sites excluding steroid dienone is 1. The first-order chi connectivity index (χ1) is 15.9. The van der Waals surface area contributed by atoms with Crippen LogP contribution in [0, 0.1) is 0 Å².